The van der Waals surface area contributed by atoms with Gasteiger partial charge in [0.1, 0.15) is 0 Å². The molecule has 0 amide bonds. The Hall–Kier alpha value is 0.697. The Bertz CT molecular complexity index is 227. The van der Waals surface area contributed by atoms with Crippen molar-refractivity contribution in [2.75, 3.05) is 5.33 Å². The van der Waals surface area contributed by atoms with Gasteiger partial charge in [-0.25, -0.2) is 0 Å². The molecule has 0 N–H and O–H groups in total. The maximum Gasteiger partial charge on any atom is 0.0367 e. The molecule has 0 atom stereocenters. The molecule has 2 rings (SSSR count). The number of rotatable bonds is 6. The minimum Gasteiger partial charge on any atom is -0.0928 e. The molecule has 1 heterocycles. The molecule has 0 bridgehead atoms. The largest absolute Gasteiger partial charge is 0.0928 e. The van der Waals surface area contributed by atoms with Gasteiger partial charge in [-0.05, 0) is 43.4 Å². The topological polar surface area (TPSA) is 0 Å². The van der Waals surface area contributed by atoms with E-state index in [9.17, 15) is 0 Å². The van der Waals surface area contributed by atoms with E-state index in [1.165, 1.54) is 24.6 Å². The SMILES string of the molecule is CCC[Si@H]1CC[C@H]([C@H]2CC[C@H](CCCBr)CC2)CC1. The third-order valence-corrected chi connectivity index (χ3v) is 10.1. The zero-order chi connectivity index (χ0) is 13.5. The van der Waals surface area contributed by atoms with Crippen LogP contribution in [0.2, 0.25) is 18.1 Å². The van der Waals surface area contributed by atoms with E-state index in [1.54, 1.807) is 56.7 Å². The Labute approximate surface area is 130 Å². The molecule has 0 nitrogen and oxygen atoms in total. The van der Waals surface area contributed by atoms with Crippen LogP contribution in [0.4, 0.5) is 0 Å². The number of alkyl halides is 1. The van der Waals surface area contributed by atoms with Crippen LogP contribution in [0.1, 0.15) is 64.7 Å². The van der Waals surface area contributed by atoms with Gasteiger partial charge in [0, 0.05) is 14.1 Å². The molecule has 2 aliphatic rings. The smallest absolute Gasteiger partial charge is 0.0367 e. The van der Waals surface area contributed by atoms with Gasteiger partial charge in [0.05, 0.1) is 0 Å². The van der Waals surface area contributed by atoms with E-state index >= 15 is 0 Å². The lowest BCUT2D eigenvalue weighted by Gasteiger charge is -2.37. The number of halogens is 1. The van der Waals surface area contributed by atoms with Gasteiger partial charge in [0.2, 0.25) is 0 Å². The molecule has 0 aromatic carbocycles. The standard InChI is InChI=1S/C17H33BrSi/c1-2-12-19-13-9-17(10-14-19)16-7-5-15(6-8-16)4-3-11-18/h15-17,19H,2-14H2,1H3/t15-,16-,17-,19-. The van der Waals surface area contributed by atoms with Crippen LogP contribution in [0.3, 0.4) is 0 Å². The molecule has 112 valence electrons. The highest BCUT2D eigenvalue weighted by Crippen LogP contribution is 2.41. The molecule has 0 spiro atoms. The molecular weight excluding hydrogens is 312 g/mol. The average Bonchev–Trinajstić information content (AvgIpc) is 2.47. The van der Waals surface area contributed by atoms with Crippen molar-refractivity contribution < 1.29 is 0 Å². The van der Waals surface area contributed by atoms with E-state index in [4.69, 9.17) is 0 Å². The van der Waals surface area contributed by atoms with Gasteiger partial charge in [-0.3, -0.25) is 0 Å². The van der Waals surface area contributed by atoms with Crippen molar-refractivity contribution in [3.63, 3.8) is 0 Å². The maximum atomic E-state index is 3.57. The van der Waals surface area contributed by atoms with Crippen LogP contribution in [0.25, 0.3) is 0 Å². The molecular formula is C17H33BrSi. The fourth-order valence-electron chi connectivity index (χ4n) is 4.67. The highest BCUT2D eigenvalue weighted by atomic mass is 79.9. The van der Waals surface area contributed by atoms with E-state index < -0.39 is 0 Å². The second-order valence-corrected chi connectivity index (χ2v) is 11.4. The zero-order valence-electron chi connectivity index (χ0n) is 12.9. The summed E-state index contributed by atoms with van der Waals surface area (Å²) in [6.07, 6.45) is 13.8. The van der Waals surface area contributed by atoms with Crippen molar-refractivity contribution in [3.05, 3.63) is 0 Å². The first-order valence-electron chi connectivity index (χ1n) is 8.89. The Balaban J connectivity index is 1.65. The van der Waals surface area contributed by atoms with E-state index in [0.29, 0.717) is 0 Å². The predicted octanol–water partition coefficient (Wildman–Crippen LogP) is 6.02. The highest BCUT2D eigenvalue weighted by molar-refractivity contribution is 9.09. The van der Waals surface area contributed by atoms with Crippen molar-refractivity contribution in [1.82, 2.24) is 0 Å². The van der Waals surface area contributed by atoms with Crippen LogP contribution in [0.5, 0.6) is 0 Å². The van der Waals surface area contributed by atoms with Crippen molar-refractivity contribution >= 4 is 24.7 Å². The van der Waals surface area contributed by atoms with Gasteiger partial charge < -0.3 is 0 Å². The summed E-state index contributed by atoms with van der Waals surface area (Å²) in [5, 5.41) is 1.21. The zero-order valence-corrected chi connectivity index (χ0v) is 15.6. The monoisotopic (exact) mass is 344 g/mol. The van der Waals surface area contributed by atoms with Gasteiger partial charge in [-0.15, -0.1) is 0 Å². The number of hydrogen-bond donors (Lipinski definition) is 0. The van der Waals surface area contributed by atoms with Crippen LogP contribution in [-0.2, 0) is 0 Å². The molecule has 19 heavy (non-hydrogen) atoms. The van der Waals surface area contributed by atoms with Crippen LogP contribution < -0.4 is 0 Å². The number of hydrogen-bond acceptors (Lipinski definition) is 0. The minimum absolute atomic E-state index is 0.252. The Morgan fingerprint density at radius 3 is 2.16 bits per heavy atom. The summed E-state index contributed by atoms with van der Waals surface area (Å²) >= 11 is 3.57. The summed E-state index contributed by atoms with van der Waals surface area (Å²) in [6, 6.07) is 5.00. The van der Waals surface area contributed by atoms with Gasteiger partial charge in [0.15, 0.2) is 0 Å². The summed E-state index contributed by atoms with van der Waals surface area (Å²) in [7, 11) is -0.252. The second-order valence-electron chi connectivity index (χ2n) is 7.18. The maximum absolute atomic E-state index is 3.57. The lowest BCUT2D eigenvalue weighted by molar-refractivity contribution is 0.186. The summed E-state index contributed by atoms with van der Waals surface area (Å²) in [5.74, 6) is 3.33. The molecule has 1 saturated heterocycles. The summed E-state index contributed by atoms with van der Waals surface area (Å²) in [4.78, 5) is 0. The fourth-order valence-corrected chi connectivity index (χ4v) is 8.48. The lowest BCUT2D eigenvalue weighted by atomic mass is 9.73. The van der Waals surface area contributed by atoms with Gasteiger partial charge >= 0.3 is 0 Å². The molecule has 1 aliphatic heterocycles. The predicted molar refractivity (Wildman–Crippen MR) is 93.1 cm³/mol. The quantitative estimate of drug-likeness (QED) is 0.408. The van der Waals surface area contributed by atoms with Gasteiger partial charge in [-0.2, -0.15) is 0 Å². The van der Waals surface area contributed by atoms with Gasteiger partial charge in [0.25, 0.3) is 0 Å². The Kier molecular flexibility index (Phi) is 7.50. The summed E-state index contributed by atoms with van der Waals surface area (Å²) in [6.45, 7) is 2.38. The molecule has 2 heteroatoms. The van der Waals surface area contributed by atoms with E-state index in [0.717, 1.165) is 17.8 Å². The highest BCUT2D eigenvalue weighted by Gasteiger charge is 2.30. The van der Waals surface area contributed by atoms with Crippen molar-refractivity contribution in [2.24, 2.45) is 17.8 Å². The molecule has 1 saturated carbocycles. The van der Waals surface area contributed by atoms with Crippen LogP contribution in [0.15, 0.2) is 0 Å². The van der Waals surface area contributed by atoms with E-state index in [-0.39, 0.29) is 8.80 Å². The first-order valence-corrected chi connectivity index (χ1v) is 12.5. The average molecular weight is 345 g/mol. The van der Waals surface area contributed by atoms with Crippen molar-refractivity contribution in [3.8, 4) is 0 Å². The third kappa shape index (κ3) is 5.19. The lowest BCUT2D eigenvalue weighted by Crippen LogP contribution is -2.28. The Morgan fingerprint density at radius 2 is 1.58 bits per heavy atom. The second kappa shape index (κ2) is 8.87. The molecule has 1 aliphatic carbocycles. The Morgan fingerprint density at radius 1 is 0.947 bits per heavy atom. The fraction of sp³-hybridized carbons (Fsp3) is 1.00. The normalized spacial score (nSPS) is 36.3. The van der Waals surface area contributed by atoms with Crippen molar-refractivity contribution in [1.29, 1.82) is 0 Å². The third-order valence-electron chi connectivity index (χ3n) is 5.89. The van der Waals surface area contributed by atoms with E-state index in [1.807, 2.05) is 0 Å². The minimum atomic E-state index is -0.252. The van der Waals surface area contributed by atoms with Crippen LogP contribution >= 0.6 is 15.9 Å². The van der Waals surface area contributed by atoms with E-state index in [2.05, 4.69) is 22.9 Å². The first kappa shape index (κ1) is 16.1. The van der Waals surface area contributed by atoms with Crippen LogP contribution in [-0.4, -0.2) is 14.1 Å². The molecule has 0 aromatic rings. The molecule has 2 fully saturated rings. The van der Waals surface area contributed by atoms with Gasteiger partial charge in [-0.1, -0.05) is 73.1 Å². The summed E-state index contributed by atoms with van der Waals surface area (Å²) in [5.41, 5.74) is 0. The van der Waals surface area contributed by atoms with Crippen molar-refractivity contribution in [2.45, 2.75) is 82.8 Å². The molecule has 0 aromatic heterocycles. The van der Waals surface area contributed by atoms with Crippen LogP contribution in [0, 0.1) is 17.8 Å². The first-order chi connectivity index (χ1) is 9.33. The summed E-state index contributed by atoms with van der Waals surface area (Å²) < 4.78 is 0. The molecule has 0 unspecified atom stereocenters. The molecule has 0 radical (unpaired) electrons.